The first-order chi connectivity index (χ1) is 28.8. The van der Waals surface area contributed by atoms with Gasteiger partial charge < -0.3 is 0 Å². The van der Waals surface area contributed by atoms with Crippen molar-refractivity contribution < 1.29 is 0 Å². The number of hydrogen-bond donors (Lipinski definition) is 0. The fraction of sp³-hybridized carbons (Fsp3) is 0. The summed E-state index contributed by atoms with van der Waals surface area (Å²) in [4.78, 5) is 0. The van der Waals surface area contributed by atoms with Crippen LogP contribution in [0.3, 0.4) is 0 Å². The molecule has 0 radical (unpaired) electrons. The molecule has 11 rings (SSSR count). The molecule has 0 saturated heterocycles. The molecular weight excluding hydrogens is 697 g/mol. The van der Waals surface area contributed by atoms with E-state index in [4.69, 9.17) is 0 Å². The van der Waals surface area contributed by atoms with Crippen LogP contribution < -0.4 is 0 Å². The second-order valence-corrected chi connectivity index (χ2v) is 15.2. The summed E-state index contributed by atoms with van der Waals surface area (Å²) >= 11 is 0. The minimum atomic E-state index is 1.21. The minimum absolute atomic E-state index is 1.21. The number of rotatable bonds is 6. The molecule has 0 aliphatic rings. The summed E-state index contributed by atoms with van der Waals surface area (Å²) in [6.07, 6.45) is 0. The molecule has 0 bridgehead atoms. The highest BCUT2D eigenvalue weighted by Gasteiger charge is 2.19. The van der Waals surface area contributed by atoms with Gasteiger partial charge in [0.1, 0.15) is 0 Å². The minimum Gasteiger partial charge on any atom is -0.0622 e. The average molecular weight is 735 g/mol. The van der Waals surface area contributed by atoms with E-state index in [1.165, 1.54) is 110 Å². The average Bonchev–Trinajstić information content (AvgIpc) is 3.30. The molecule has 270 valence electrons. The first-order valence-corrected chi connectivity index (χ1v) is 20.1. The Balaban J connectivity index is 1.11. The van der Waals surface area contributed by atoms with Crippen molar-refractivity contribution in [3.8, 4) is 66.8 Å². The molecule has 11 aromatic carbocycles. The van der Waals surface area contributed by atoms with Gasteiger partial charge in [-0.2, -0.15) is 0 Å². The number of benzene rings is 11. The summed E-state index contributed by atoms with van der Waals surface area (Å²) < 4.78 is 0. The third-order valence-corrected chi connectivity index (χ3v) is 11.8. The van der Waals surface area contributed by atoms with Crippen molar-refractivity contribution in [2.24, 2.45) is 0 Å². The van der Waals surface area contributed by atoms with Gasteiger partial charge in [0.2, 0.25) is 0 Å². The lowest BCUT2D eigenvalue weighted by Crippen LogP contribution is -1.92. The van der Waals surface area contributed by atoms with Crippen molar-refractivity contribution in [1.29, 1.82) is 0 Å². The summed E-state index contributed by atoms with van der Waals surface area (Å²) in [5, 5.41) is 9.96. The third kappa shape index (κ3) is 5.86. The zero-order valence-corrected chi connectivity index (χ0v) is 31.9. The molecule has 0 aliphatic carbocycles. The monoisotopic (exact) mass is 734 g/mol. The predicted molar refractivity (Wildman–Crippen MR) is 249 cm³/mol. The van der Waals surface area contributed by atoms with Gasteiger partial charge in [0.15, 0.2) is 0 Å². The zero-order chi connectivity index (χ0) is 38.4. The van der Waals surface area contributed by atoms with E-state index in [0.717, 1.165) is 0 Å². The van der Waals surface area contributed by atoms with Crippen LogP contribution in [-0.2, 0) is 0 Å². The Morgan fingerprint density at radius 1 is 0.172 bits per heavy atom. The van der Waals surface area contributed by atoms with E-state index in [2.05, 4.69) is 231 Å². The highest BCUT2D eigenvalue weighted by Crippen LogP contribution is 2.46. The molecule has 0 atom stereocenters. The molecule has 58 heavy (non-hydrogen) atoms. The van der Waals surface area contributed by atoms with Crippen molar-refractivity contribution >= 4 is 43.1 Å². The third-order valence-electron chi connectivity index (χ3n) is 11.8. The zero-order valence-electron chi connectivity index (χ0n) is 31.9. The van der Waals surface area contributed by atoms with Crippen molar-refractivity contribution in [2.45, 2.75) is 0 Å². The molecule has 0 unspecified atom stereocenters. The van der Waals surface area contributed by atoms with Gasteiger partial charge in [0.05, 0.1) is 0 Å². The fourth-order valence-electron chi connectivity index (χ4n) is 9.11. The van der Waals surface area contributed by atoms with E-state index in [1.807, 2.05) is 0 Å². The maximum Gasteiger partial charge on any atom is -0.00262 e. The van der Waals surface area contributed by atoms with Crippen LogP contribution >= 0.6 is 0 Å². The number of fused-ring (bicyclic) bond motifs is 4. The maximum atomic E-state index is 2.40. The predicted octanol–water partition coefficient (Wildman–Crippen LogP) is 16.3. The second-order valence-electron chi connectivity index (χ2n) is 15.2. The number of hydrogen-bond acceptors (Lipinski definition) is 0. The van der Waals surface area contributed by atoms with Gasteiger partial charge in [-0.3, -0.25) is 0 Å². The molecule has 0 N–H and O–H groups in total. The van der Waals surface area contributed by atoms with Crippen LogP contribution in [0.1, 0.15) is 0 Å². The molecule has 0 spiro atoms. The molecule has 0 nitrogen and oxygen atoms in total. The van der Waals surface area contributed by atoms with Gasteiger partial charge in [-0.25, -0.2) is 0 Å². The summed E-state index contributed by atoms with van der Waals surface area (Å²) in [7, 11) is 0. The van der Waals surface area contributed by atoms with Gasteiger partial charge in [-0.05, 0) is 146 Å². The van der Waals surface area contributed by atoms with Gasteiger partial charge in [0, 0.05) is 0 Å². The van der Waals surface area contributed by atoms with Crippen LogP contribution in [-0.4, -0.2) is 0 Å². The Hall–Kier alpha value is -7.54. The fourth-order valence-corrected chi connectivity index (χ4v) is 9.11. The first kappa shape index (κ1) is 33.8. The van der Waals surface area contributed by atoms with Gasteiger partial charge in [0.25, 0.3) is 0 Å². The first-order valence-electron chi connectivity index (χ1n) is 20.1. The van der Waals surface area contributed by atoms with E-state index < -0.39 is 0 Å². The van der Waals surface area contributed by atoms with E-state index in [-0.39, 0.29) is 0 Å². The SMILES string of the molecule is c1ccc(-c2cc3ccccc3cc2-c2cccc(-c3c4ccccc4c(-c4cccc(-c5cc6ccccc6cc5-c5ccccc5)c4)c4ccccc34)c2)cc1. The molecule has 0 saturated carbocycles. The van der Waals surface area contributed by atoms with Gasteiger partial charge in [-0.1, -0.05) is 194 Å². The van der Waals surface area contributed by atoms with E-state index in [0.29, 0.717) is 0 Å². The summed E-state index contributed by atoms with van der Waals surface area (Å²) in [6.45, 7) is 0. The topological polar surface area (TPSA) is 0 Å². The van der Waals surface area contributed by atoms with Crippen LogP contribution in [0.5, 0.6) is 0 Å². The molecular formula is C58H38. The van der Waals surface area contributed by atoms with Crippen LogP contribution in [0.2, 0.25) is 0 Å². The van der Waals surface area contributed by atoms with E-state index in [1.54, 1.807) is 0 Å². The van der Waals surface area contributed by atoms with Crippen LogP contribution in [0.15, 0.2) is 231 Å². The molecule has 0 aromatic heterocycles. The molecule has 0 heteroatoms. The second kappa shape index (κ2) is 14.2. The van der Waals surface area contributed by atoms with Crippen LogP contribution in [0.25, 0.3) is 110 Å². The van der Waals surface area contributed by atoms with Crippen LogP contribution in [0, 0.1) is 0 Å². The molecule has 11 aromatic rings. The highest BCUT2D eigenvalue weighted by atomic mass is 14.2. The largest absolute Gasteiger partial charge is 0.0622 e. The summed E-state index contributed by atoms with van der Waals surface area (Å²) in [5.74, 6) is 0. The summed E-state index contributed by atoms with van der Waals surface area (Å²) in [5.41, 5.74) is 14.7. The summed E-state index contributed by atoms with van der Waals surface area (Å²) in [6, 6.07) is 84.6. The molecule has 0 heterocycles. The standard InChI is InChI=1S/C58H38/c1-3-17-39(18-4-1)53-35-41-21-7-9-23-43(41)37-55(53)45-25-15-27-47(33-45)57-49-29-11-13-31-51(49)58(52-32-14-12-30-50(52)57)48-28-16-26-46(34-48)56-38-44-24-10-8-22-42(44)36-54(56)40-19-5-2-6-20-40/h1-38H. The van der Waals surface area contributed by atoms with Crippen molar-refractivity contribution in [3.05, 3.63) is 231 Å². The Morgan fingerprint density at radius 2 is 0.431 bits per heavy atom. The lowest BCUT2D eigenvalue weighted by atomic mass is 9.84. The van der Waals surface area contributed by atoms with Crippen LogP contribution in [0.4, 0.5) is 0 Å². The molecule has 0 amide bonds. The smallest absolute Gasteiger partial charge is 0.00262 e. The highest BCUT2D eigenvalue weighted by molar-refractivity contribution is 6.21. The Morgan fingerprint density at radius 3 is 0.776 bits per heavy atom. The Labute approximate surface area is 339 Å². The van der Waals surface area contributed by atoms with Gasteiger partial charge >= 0.3 is 0 Å². The normalized spacial score (nSPS) is 11.4. The lowest BCUT2D eigenvalue weighted by molar-refractivity contribution is 1.59. The molecule has 0 fully saturated rings. The Kier molecular flexibility index (Phi) is 8.26. The molecule has 0 aliphatic heterocycles. The van der Waals surface area contributed by atoms with Crippen molar-refractivity contribution in [3.63, 3.8) is 0 Å². The lowest BCUT2D eigenvalue weighted by Gasteiger charge is -2.19. The quantitative estimate of drug-likeness (QED) is 0.149. The van der Waals surface area contributed by atoms with Crippen molar-refractivity contribution in [2.75, 3.05) is 0 Å². The maximum absolute atomic E-state index is 2.40. The van der Waals surface area contributed by atoms with Crippen molar-refractivity contribution in [1.82, 2.24) is 0 Å². The Bertz CT molecular complexity index is 3040. The van der Waals surface area contributed by atoms with Gasteiger partial charge in [-0.15, -0.1) is 0 Å². The van der Waals surface area contributed by atoms with E-state index in [9.17, 15) is 0 Å². The van der Waals surface area contributed by atoms with E-state index >= 15 is 0 Å².